The molecule has 4 amide bonds. The highest BCUT2D eigenvalue weighted by atomic mass is 19.4. The molecule has 2 aliphatic heterocycles. The summed E-state index contributed by atoms with van der Waals surface area (Å²) >= 11 is 0. The number of amides is 4. The van der Waals surface area contributed by atoms with Crippen molar-refractivity contribution >= 4 is 29.3 Å². The van der Waals surface area contributed by atoms with Gasteiger partial charge in [-0.3, -0.25) is 24.1 Å². The minimum absolute atomic E-state index is 0.0469. The lowest BCUT2D eigenvalue weighted by Gasteiger charge is -2.39. The normalized spacial score (nSPS) is 15.1. The van der Waals surface area contributed by atoms with Crippen LogP contribution in [0, 0.1) is 0 Å². The molecule has 1 atom stereocenters. The van der Waals surface area contributed by atoms with Gasteiger partial charge in [0.25, 0.3) is 23.6 Å². The SMILES string of the molecule is C=CCC(C)(/C=C(\C)CC)c1cc(C(c2ccc(O)c(N3C(=O)c4ccc(Cc5ccc(C(C)(C)c6ccc(Oc7ccc8c(c7)C(=O)N(C(C)(CCC)CCC)C8=O)cc6)cc5)cc4C3=O)c2)(C(F)(F)F)C(F)(F)F)ccc1O. The number of nitrogens with zero attached hydrogens (tertiary/aromatic N) is 2. The van der Waals surface area contributed by atoms with E-state index in [2.05, 4.69) is 20.4 Å². The number of aromatic hydroxyl groups is 2. The number of phenols is 2. The van der Waals surface area contributed by atoms with Crippen molar-refractivity contribution in [2.75, 3.05) is 4.90 Å². The largest absolute Gasteiger partial charge is 0.508 e. The molecular formula is C65H64F6N2O7. The van der Waals surface area contributed by atoms with Crippen LogP contribution >= 0.6 is 0 Å². The molecular weight excluding hydrogens is 1030 g/mol. The van der Waals surface area contributed by atoms with Gasteiger partial charge in [0.05, 0.1) is 27.9 Å². The van der Waals surface area contributed by atoms with E-state index in [1.165, 1.54) is 23.1 Å². The number of hydrogen-bond acceptors (Lipinski definition) is 7. The molecule has 0 saturated heterocycles. The maximum absolute atomic E-state index is 15.7. The summed E-state index contributed by atoms with van der Waals surface area (Å²) in [6.07, 6.45) is -5.20. The third-order valence-electron chi connectivity index (χ3n) is 16.1. The molecule has 80 heavy (non-hydrogen) atoms. The summed E-state index contributed by atoms with van der Waals surface area (Å²) in [5.74, 6) is -3.26. The summed E-state index contributed by atoms with van der Waals surface area (Å²) in [6, 6.07) is 28.0. The van der Waals surface area contributed by atoms with E-state index in [4.69, 9.17) is 4.74 Å². The van der Waals surface area contributed by atoms with Gasteiger partial charge in [0, 0.05) is 21.9 Å². The van der Waals surface area contributed by atoms with E-state index in [1.807, 2.05) is 76.2 Å². The predicted molar refractivity (Wildman–Crippen MR) is 296 cm³/mol. The van der Waals surface area contributed by atoms with Crippen LogP contribution in [0.5, 0.6) is 23.0 Å². The molecule has 2 aliphatic rings. The molecule has 15 heteroatoms. The topological polar surface area (TPSA) is 124 Å². The van der Waals surface area contributed by atoms with Gasteiger partial charge in [0.15, 0.2) is 0 Å². The number of alkyl halides is 6. The molecule has 1 unspecified atom stereocenters. The minimum Gasteiger partial charge on any atom is -0.508 e. The van der Waals surface area contributed by atoms with Gasteiger partial charge in [-0.25, -0.2) is 4.90 Å². The first-order valence-electron chi connectivity index (χ1n) is 26.6. The zero-order valence-corrected chi connectivity index (χ0v) is 46.0. The van der Waals surface area contributed by atoms with Crippen molar-refractivity contribution in [1.29, 1.82) is 0 Å². The number of imide groups is 2. The molecule has 9 nitrogen and oxygen atoms in total. The van der Waals surface area contributed by atoms with Crippen molar-refractivity contribution in [1.82, 2.24) is 4.90 Å². The number of hydrogen-bond donors (Lipinski definition) is 2. The van der Waals surface area contributed by atoms with Crippen LogP contribution in [0.4, 0.5) is 32.0 Å². The fourth-order valence-electron chi connectivity index (χ4n) is 11.7. The highest BCUT2D eigenvalue weighted by Crippen LogP contribution is 2.58. The summed E-state index contributed by atoms with van der Waals surface area (Å²) in [5.41, 5.74) is -6.57. The minimum atomic E-state index is -6.10. The zero-order valence-electron chi connectivity index (χ0n) is 46.0. The van der Waals surface area contributed by atoms with Crippen molar-refractivity contribution in [2.24, 2.45) is 0 Å². The number of ether oxygens (including phenoxy) is 1. The first-order chi connectivity index (χ1) is 37.6. The number of allylic oxidation sites excluding steroid dienone is 3. The molecule has 0 aromatic heterocycles. The van der Waals surface area contributed by atoms with Crippen LogP contribution in [-0.4, -0.2) is 56.6 Å². The molecule has 2 heterocycles. The van der Waals surface area contributed by atoms with E-state index in [0.29, 0.717) is 82.7 Å². The fourth-order valence-corrected chi connectivity index (χ4v) is 11.7. The van der Waals surface area contributed by atoms with Crippen molar-refractivity contribution in [3.8, 4) is 23.0 Å². The average Bonchev–Trinajstić information content (AvgIpc) is 3.96. The zero-order chi connectivity index (χ0) is 58.5. The third kappa shape index (κ3) is 10.2. The van der Waals surface area contributed by atoms with Crippen LogP contribution in [0.25, 0.3) is 0 Å². The van der Waals surface area contributed by atoms with E-state index < -0.39 is 74.3 Å². The number of halogens is 6. The number of phenolic OH excluding ortho intramolecular Hbond substituents is 2. The van der Waals surface area contributed by atoms with Gasteiger partial charge in [-0.2, -0.15) is 26.3 Å². The number of carbonyl (C=O) groups excluding carboxylic acids is 4. The molecule has 6 aromatic carbocycles. The Bertz CT molecular complexity index is 3430. The Morgan fingerprint density at radius 2 is 1.06 bits per heavy atom. The van der Waals surface area contributed by atoms with Gasteiger partial charge in [-0.1, -0.05) is 127 Å². The molecule has 0 spiro atoms. The maximum Gasteiger partial charge on any atom is 0.411 e. The van der Waals surface area contributed by atoms with Gasteiger partial charge < -0.3 is 14.9 Å². The van der Waals surface area contributed by atoms with Crippen LogP contribution in [-0.2, 0) is 22.7 Å². The summed E-state index contributed by atoms with van der Waals surface area (Å²) in [5, 5.41) is 22.1. The smallest absolute Gasteiger partial charge is 0.411 e. The van der Waals surface area contributed by atoms with Crippen LogP contribution in [0.15, 0.2) is 146 Å². The Morgan fingerprint density at radius 3 is 1.64 bits per heavy atom. The van der Waals surface area contributed by atoms with Gasteiger partial charge in [0.1, 0.15) is 23.0 Å². The van der Waals surface area contributed by atoms with Gasteiger partial charge in [-0.15, -0.1) is 6.58 Å². The second-order valence-electron chi connectivity index (χ2n) is 22.0. The Labute approximate surface area is 462 Å². The lowest BCUT2D eigenvalue weighted by atomic mass is 9.70. The Morgan fingerprint density at radius 1 is 0.575 bits per heavy atom. The van der Waals surface area contributed by atoms with Crippen LogP contribution < -0.4 is 9.64 Å². The highest BCUT2D eigenvalue weighted by molar-refractivity contribution is 6.35. The standard InChI is InChI=1S/C65H64F6N2O7/c1-10-30-61(8,38-39(5)13-4)52-35-44(21-28-54(52)74)63(64(66,67)68,65(69,70)71)45-22-29-55(75)53(36-45)72-56(76)48-26-16-41(34-50(48)57(72)77)33-40-14-17-42(18-15-40)60(6,7)43-19-23-46(24-20-43)80-47-25-27-49-51(37-47)59(79)73(58(49)78)62(9,31-11-2)32-12-3/h10,14-29,34-38,74-75H,1,11-13,30-33H2,2-9H3/b39-38+. The van der Waals surface area contributed by atoms with E-state index in [9.17, 15) is 29.4 Å². The number of carbonyl (C=O) groups is 4. The predicted octanol–water partition coefficient (Wildman–Crippen LogP) is 16.2. The van der Waals surface area contributed by atoms with Gasteiger partial charge in [0.2, 0.25) is 5.41 Å². The molecule has 6 aromatic rings. The maximum atomic E-state index is 15.7. The number of anilines is 1. The van der Waals surface area contributed by atoms with Crippen LogP contribution in [0.1, 0.15) is 174 Å². The molecule has 8 rings (SSSR count). The number of benzene rings is 6. The summed E-state index contributed by atoms with van der Waals surface area (Å²) in [7, 11) is 0. The molecule has 418 valence electrons. The van der Waals surface area contributed by atoms with Crippen molar-refractivity contribution < 1.29 is 60.5 Å². The van der Waals surface area contributed by atoms with Crippen LogP contribution in [0.2, 0.25) is 0 Å². The van der Waals surface area contributed by atoms with E-state index in [0.717, 1.165) is 41.2 Å². The van der Waals surface area contributed by atoms with E-state index in [-0.39, 0.29) is 41.3 Å². The first-order valence-corrected chi connectivity index (χ1v) is 26.6. The molecule has 0 saturated carbocycles. The summed E-state index contributed by atoms with van der Waals surface area (Å²) in [6.45, 7) is 19.0. The molecule has 2 N–H and O–H groups in total. The van der Waals surface area contributed by atoms with Crippen molar-refractivity contribution in [2.45, 2.75) is 134 Å². The number of rotatable bonds is 19. The Kier molecular flexibility index (Phi) is 15.7. The Hall–Kier alpha value is -7.94. The van der Waals surface area contributed by atoms with Crippen molar-refractivity contribution in [3.63, 3.8) is 0 Å². The lowest BCUT2D eigenvalue weighted by molar-refractivity contribution is -0.288. The molecule has 0 aliphatic carbocycles. The molecule has 0 radical (unpaired) electrons. The second-order valence-corrected chi connectivity index (χ2v) is 22.0. The van der Waals surface area contributed by atoms with Gasteiger partial charge in [-0.05, 0) is 146 Å². The summed E-state index contributed by atoms with van der Waals surface area (Å²) in [4.78, 5) is 57.1. The van der Waals surface area contributed by atoms with Crippen LogP contribution in [0.3, 0.4) is 0 Å². The monoisotopic (exact) mass is 1100 g/mol. The number of fused-ring (bicyclic) bond motifs is 2. The van der Waals surface area contributed by atoms with Crippen molar-refractivity contribution in [3.05, 3.63) is 207 Å². The lowest BCUT2D eigenvalue weighted by Crippen LogP contribution is -2.55. The average molecular weight is 1100 g/mol. The molecule has 0 bridgehead atoms. The van der Waals surface area contributed by atoms with E-state index in [1.54, 1.807) is 44.2 Å². The fraction of sp³-hybridized carbons (Fsp3) is 0.323. The summed E-state index contributed by atoms with van der Waals surface area (Å²) < 4.78 is 100. The van der Waals surface area contributed by atoms with E-state index >= 15 is 26.3 Å². The highest BCUT2D eigenvalue weighted by Gasteiger charge is 2.73. The quantitative estimate of drug-likeness (QED) is 0.0470. The van der Waals surface area contributed by atoms with Gasteiger partial charge >= 0.3 is 12.4 Å². The first kappa shape index (κ1) is 58.2. The molecule has 0 fully saturated rings. The third-order valence-corrected chi connectivity index (χ3v) is 16.1. The Balaban J connectivity index is 1.01. The second kappa shape index (κ2) is 21.6.